The van der Waals surface area contributed by atoms with Crippen molar-refractivity contribution in [2.45, 2.75) is 32.1 Å². The molecule has 1 aromatic heterocycles. The molecule has 0 N–H and O–H groups in total. The topological polar surface area (TPSA) is 46.1 Å². The summed E-state index contributed by atoms with van der Waals surface area (Å²) >= 11 is 0. The SMILES string of the molecule is CC(=O)N1CCC[C@H](c2cnc(Cc3ccccc3)cn2)C1. The number of amides is 1. The molecule has 1 atom stereocenters. The molecule has 0 unspecified atom stereocenters. The van der Waals surface area contributed by atoms with Gasteiger partial charge in [-0.2, -0.15) is 0 Å². The van der Waals surface area contributed by atoms with Crippen molar-refractivity contribution in [1.82, 2.24) is 14.9 Å². The van der Waals surface area contributed by atoms with Crippen LogP contribution in [0.25, 0.3) is 0 Å². The van der Waals surface area contributed by atoms with Gasteiger partial charge in [0.05, 0.1) is 11.4 Å². The Morgan fingerprint density at radius 2 is 2.05 bits per heavy atom. The lowest BCUT2D eigenvalue weighted by molar-refractivity contribution is -0.130. The van der Waals surface area contributed by atoms with E-state index in [0.717, 1.165) is 43.7 Å². The minimum absolute atomic E-state index is 0.151. The average Bonchev–Trinajstić information content (AvgIpc) is 2.56. The molecular weight excluding hydrogens is 274 g/mol. The molecule has 3 rings (SSSR count). The van der Waals surface area contributed by atoms with Crippen LogP contribution in [0, 0.1) is 0 Å². The largest absolute Gasteiger partial charge is 0.342 e. The van der Waals surface area contributed by atoms with Crippen LogP contribution in [0.3, 0.4) is 0 Å². The summed E-state index contributed by atoms with van der Waals surface area (Å²) in [5, 5.41) is 0. The third kappa shape index (κ3) is 3.50. The molecule has 2 heterocycles. The van der Waals surface area contributed by atoms with Crippen molar-refractivity contribution in [3.8, 4) is 0 Å². The van der Waals surface area contributed by atoms with Gasteiger partial charge in [0, 0.05) is 44.7 Å². The Balaban J connectivity index is 1.67. The van der Waals surface area contributed by atoms with Crippen LogP contribution in [-0.4, -0.2) is 33.9 Å². The molecule has 1 aliphatic heterocycles. The summed E-state index contributed by atoms with van der Waals surface area (Å²) in [5.74, 6) is 0.467. The summed E-state index contributed by atoms with van der Waals surface area (Å²) in [6.45, 7) is 3.27. The normalized spacial score (nSPS) is 18.2. The van der Waals surface area contributed by atoms with Crippen molar-refractivity contribution >= 4 is 5.91 Å². The third-order valence-corrected chi connectivity index (χ3v) is 4.24. The standard InChI is InChI=1S/C18H21N3O/c1-14(22)21-9-5-8-16(13-21)18-12-19-17(11-20-18)10-15-6-3-2-4-7-15/h2-4,6-7,11-12,16H,5,8-10,13H2,1H3/t16-/m0/s1. The van der Waals surface area contributed by atoms with Crippen molar-refractivity contribution < 1.29 is 4.79 Å². The van der Waals surface area contributed by atoms with E-state index in [2.05, 4.69) is 22.1 Å². The van der Waals surface area contributed by atoms with E-state index in [9.17, 15) is 4.79 Å². The van der Waals surface area contributed by atoms with E-state index < -0.39 is 0 Å². The van der Waals surface area contributed by atoms with Gasteiger partial charge in [-0.05, 0) is 18.4 Å². The first-order valence-electron chi connectivity index (χ1n) is 7.82. The number of piperidine rings is 1. The van der Waals surface area contributed by atoms with Crippen LogP contribution in [0.1, 0.15) is 42.6 Å². The number of rotatable bonds is 3. The fraction of sp³-hybridized carbons (Fsp3) is 0.389. The number of hydrogen-bond donors (Lipinski definition) is 0. The second-order valence-corrected chi connectivity index (χ2v) is 5.90. The zero-order valence-electron chi connectivity index (χ0n) is 12.9. The number of hydrogen-bond acceptors (Lipinski definition) is 3. The summed E-state index contributed by atoms with van der Waals surface area (Å²) in [7, 11) is 0. The molecular formula is C18H21N3O. The molecule has 1 aromatic carbocycles. The summed E-state index contributed by atoms with van der Waals surface area (Å²) in [6.07, 6.45) is 6.67. The summed E-state index contributed by atoms with van der Waals surface area (Å²) in [6, 6.07) is 10.3. The second kappa shape index (κ2) is 6.69. The Morgan fingerprint density at radius 3 is 2.73 bits per heavy atom. The zero-order valence-corrected chi connectivity index (χ0v) is 12.9. The first-order valence-corrected chi connectivity index (χ1v) is 7.82. The van der Waals surface area contributed by atoms with Gasteiger partial charge in [-0.25, -0.2) is 0 Å². The maximum Gasteiger partial charge on any atom is 0.219 e. The molecule has 4 heteroatoms. The van der Waals surface area contributed by atoms with Crippen molar-refractivity contribution in [2.24, 2.45) is 0 Å². The third-order valence-electron chi connectivity index (χ3n) is 4.24. The quantitative estimate of drug-likeness (QED) is 0.874. The maximum absolute atomic E-state index is 11.5. The number of benzene rings is 1. The molecule has 0 saturated carbocycles. The van der Waals surface area contributed by atoms with Gasteiger partial charge in [0.1, 0.15) is 0 Å². The van der Waals surface area contributed by atoms with Crippen molar-refractivity contribution in [3.05, 3.63) is 59.7 Å². The van der Waals surface area contributed by atoms with Crippen LogP contribution >= 0.6 is 0 Å². The van der Waals surface area contributed by atoms with Gasteiger partial charge in [-0.15, -0.1) is 0 Å². The highest BCUT2D eigenvalue weighted by atomic mass is 16.2. The highest BCUT2D eigenvalue weighted by Crippen LogP contribution is 2.25. The summed E-state index contributed by atoms with van der Waals surface area (Å²) in [5.41, 5.74) is 3.22. The fourth-order valence-electron chi connectivity index (χ4n) is 2.98. The van der Waals surface area contributed by atoms with E-state index in [-0.39, 0.29) is 5.91 Å². The molecule has 1 fully saturated rings. The predicted octanol–water partition coefficient (Wildman–Crippen LogP) is 2.79. The maximum atomic E-state index is 11.5. The molecule has 0 aliphatic carbocycles. The van der Waals surface area contributed by atoms with Gasteiger partial charge < -0.3 is 4.90 Å². The molecule has 0 bridgehead atoms. The Kier molecular flexibility index (Phi) is 4.47. The van der Waals surface area contributed by atoms with E-state index in [1.165, 1.54) is 5.56 Å². The highest BCUT2D eigenvalue weighted by Gasteiger charge is 2.23. The molecule has 1 aliphatic rings. The van der Waals surface area contributed by atoms with Crippen molar-refractivity contribution in [1.29, 1.82) is 0 Å². The van der Waals surface area contributed by atoms with Gasteiger partial charge in [-0.1, -0.05) is 30.3 Å². The van der Waals surface area contributed by atoms with E-state index in [1.807, 2.05) is 35.5 Å². The van der Waals surface area contributed by atoms with Crippen LogP contribution in [-0.2, 0) is 11.2 Å². The van der Waals surface area contributed by atoms with Crippen LogP contribution in [0.4, 0.5) is 0 Å². The Morgan fingerprint density at radius 1 is 1.23 bits per heavy atom. The molecule has 1 amide bonds. The average molecular weight is 295 g/mol. The lowest BCUT2D eigenvalue weighted by atomic mass is 9.95. The van der Waals surface area contributed by atoms with Gasteiger partial charge in [-0.3, -0.25) is 14.8 Å². The molecule has 1 saturated heterocycles. The molecule has 0 radical (unpaired) electrons. The van der Waals surface area contributed by atoms with E-state index in [0.29, 0.717) is 5.92 Å². The highest BCUT2D eigenvalue weighted by molar-refractivity contribution is 5.73. The lowest BCUT2D eigenvalue weighted by Crippen LogP contribution is -2.37. The minimum Gasteiger partial charge on any atom is -0.342 e. The van der Waals surface area contributed by atoms with Gasteiger partial charge >= 0.3 is 0 Å². The number of carbonyl (C=O) groups is 1. The van der Waals surface area contributed by atoms with Crippen molar-refractivity contribution in [3.63, 3.8) is 0 Å². The van der Waals surface area contributed by atoms with Crippen LogP contribution in [0.2, 0.25) is 0 Å². The summed E-state index contributed by atoms with van der Waals surface area (Å²) < 4.78 is 0. The van der Waals surface area contributed by atoms with E-state index >= 15 is 0 Å². The Labute approximate surface area is 131 Å². The number of likely N-dealkylation sites (tertiary alicyclic amines) is 1. The first kappa shape index (κ1) is 14.7. The number of carbonyl (C=O) groups excluding carboxylic acids is 1. The summed E-state index contributed by atoms with van der Waals surface area (Å²) in [4.78, 5) is 22.6. The monoisotopic (exact) mass is 295 g/mol. The predicted molar refractivity (Wildman–Crippen MR) is 85.5 cm³/mol. The van der Waals surface area contributed by atoms with Gasteiger partial charge in [0.2, 0.25) is 5.91 Å². The fourth-order valence-corrected chi connectivity index (χ4v) is 2.98. The smallest absolute Gasteiger partial charge is 0.219 e. The number of nitrogens with zero attached hydrogens (tertiary/aromatic N) is 3. The first-order chi connectivity index (χ1) is 10.7. The van der Waals surface area contributed by atoms with Crippen molar-refractivity contribution in [2.75, 3.05) is 13.1 Å². The van der Waals surface area contributed by atoms with Gasteiger partial charge in [0.25, 0.3) is 0 Å². The zero-order chi connectivity index (χ0) is 15.4. The van der Waals surface area contributed by atoms with E-state index in [4.69, 9.17) is 0 Å². The molecule has 2 aromatic rings. The molecule has 4 nitrogen and oxygen atoms in total. The molecule has 22 heavy (non-hydrogen) atoms. The van der Waals surface area contributed by atoms with Crippen LogP contribution < -0.4 is 0 Å². The minimum atomic E-state index is 0.151. The Hall–Kier alpha value is -2.23. The molecule has 114 valence electrons. The van der Waals surface area contributed by atoms with Crippen LogP contribution in [0.15, 0.2) is 42.7 Å². The number of aromatic nitrogens is 2. The lowest BCUT2D eigenvalue weighted by Gasteiger charge is -2.31. The second-order valence-electron chi connectivity index (χ2n) is 5.90. The van der Waals surface area contributed by atoms with Gasteiger partial charge in [0.15, 0.2) is 0 Å². The Bertz CT molecular complexity index is 625. The molecule has 0 spiro atoms. The van der Waals surface area contributed by atoms with E-state index in [1.54, 1.807) is 6.92 Å². The van der Waals surface area contributed by atoms with Crippen LogP contribution in [0.5, 0.6) is 0 Å².